The number of fused-ring (bicyclic) bond motifs is 1. The van der Waals surface area contributed by atoms with Gasteiger partial charge in [0, 0.05) is 6.61 Å². The topological polar surface area (TPSA) is 101 Å². The number of aromatic amines is 1. The average Bonchev–Trinajstić information content (AvgIpc) is 2.63. The number of aromatic nitrogens is 4. The summed E-state index contributed by atoms with van der Waals surface area (Å²) in [6.07, 6.45) is 5.57. The van der Waals surface area contributed by atoms with Crippen LogP contribution in [-0.2, 0) is 0 Å². The molecule has 2 rings (SSSR count). The third-order valence-corrected chi connectivity index (χ3v) is 1.91. The van der Waals surface area contributed by atoms with Gasteiger partial charge in [0.1, 0.15) is 17.7 Å². The van der Waals surface area contributed by atoms with Crippen LogP contribution in [0.3, 0.4) is 0 Å². The van der Waals surface area contributed by atoms with E-state index < -0.39 is 0 Å². The molecule has 0 unspecified atom stereocenters. The molecular formula is C9H11N5O. The summed E-state index contributed by atoms with van der Waals surface area (Å²) in [5.41, 5.74) is 6.83. The third-order valence-electron chi connectivity index (χ3n) is 1.91. The highest BCUT2D eigenvalue weighted by molar-refractivity contribution is 5.82. The second kappa shape index (κ2) is 4.05. The molecule has 0 radical (unpaired) electrons. The minimum absolute atomic E-state index is 0.124. The first-order valence-electron chi connectivity index (χ1n) is 4.55. The van der Waals surface area contributed by atoms with E-state index in [4.69, 9.17) is 10.8 Å². The number of nitrogens with one attached hydrogen (secondary N) is 1. The van der Waals surface area contributed by atoms with E-state index in [0.717, 1.165) is 0 Å². The molecule has 2 heterocycles. The van der Waals surface area contributed by atoms with Gasteiger partial charge in [-0.3, -0.25) is 0 Å². The summed E-state index contributed by atoms with van der Waals surface area (Å²) in [6, 6.07) is 0. The number of aliphatic hydroxyl groups excluding tert-OH is 1. The van der Waals surface area contributed by atoms with E-state index in [-0.39, 0.29) is 6.61 Å². The van der Waals surface area contributed by atoms with E-state index >= 15 is 0 Å². The minimum Gasteiger partial charge on any atom is -0.396 e. The molecule has 0 aromatic carbocycles. The second-order valence-electron chi connectivity index (χ2n) is 2.99. The molecule has 6 nitrogen and oxygen atoms in total. The molecule has 4 N–H and O–H groups in total. The Labute approximate surface area is 85.9 Å². The molecule has 0 spiro atoms. The first-order valence-corrected chi connectivity index (χ1v) is 4.55. The molecule has 0 aliphatic rings. The van der Waals surface area contributed by atoms with Crippen LogP contribution < -0.4 is 5.73 Å². The Hall–Kier alpha value is -1.95. The second-order valence-corrected chi connectivity index (χ2v) is 2.99. The lowest BCUT2D eigenvalue weighted by Crippen LogP contribution is -1.91. The predicted molar refractivity (Wildman–Crippen MR) is 56.8 cm³/mol. The fraction of sp³-hybridized carbons (Fsp3) is 0.222. The smallest absolute Gasteiger partial charge is 0.183 e. The molecule has 0 fully saturated rings. The number of hydrogen-bond donors (Lipinski definition) is 3. The van der Waals surface area contributed by atoms with Crippen molar-refractivity contribution in [2.24, 2.45) is 0 Å². The number of imidazole rings is 1. The highest BCUT2D eigenvalue weighted by atomic mass is 16.2. The first kappa shape index (κ1) is 9.60. The Bertz CT molecular complexity index is 490. The van der Waals surface area contributed by atoms with Crippen LogP contribution in [0.15, 0.2) is 12.4 Å². The highest BCUT2D eigenvalue weighted by Gasteiger charge is 2.04. The molecule has 0 atom stereocenters. The monoisotopic (exact) mass is 205 g/mol. The molecule has 0 aliphatic heterocycles. The summed E-state index contributed by atoms with van der Waals surface area (Å²) in [7, 11) is 0. The standard InChI is InChI=1S/C9H11N5O/c10-8-7-9(12-5-11-8)14-6(13-7)3-1-2-4-15/h1,3,5,15H,2,4H2,(H3,10,11,12,13,14)/b3-1+. The quantitative estimate of drug-likeness (QED) is 0.670. The molecule has 2 aromatic rings. The molecule has 0 saturated carbocycles. The van der Waals surface area contributed by atoms with Crippen LogP contribution in [0.25, 0.3) is 17.2 Å². The van der Waals surface area contributed by atoms with Gasteiger partial charge in [-0.05, 0) is 12.5 Å². The van der Waals surface area contributed by atoms with Crippen molar-refractivity contribution < 1.29 is 5.11 Å². The van der Waals surface area contributed by atoms with Crippen LogP contribution in [0.5, 0.6) is 0 Å². The van der Waals surface area contributed by atoms with Crippen molar-refractivity contribution >= 4 is 23.1 Å². The van der Waals surface area contributed by atoms with Gasteiger partial charge in [-0.2, -0.15) is 0 Å². The molecule has 6 heteroatoms. The number of nitrogens with zero attached hydrogens (tertiary/aromatic N) is 3. The van der Waals surface area contributed by atoms with Gasteiger partial charge in [-0.25, -0.2) is 15.0 Å². The van der Waals surface area contributed by atoms with E-state index in [1.54, 1.807) is 6.08 Å². The predicted octanol–water partition coefficient (Wildman–Crippen LogP) is 0.331. The Morgan fingerprint density at radius 2 is 2.33 bits per heavy atom. The van der Waals surface area contributed by atoms with E-state index in [0.29, 0.717) is 29.2 Å². The van der Waals surface area contributed by atoms with Gasteiger partial charge >= 0.3 is 0 Å². The zero-order valence-electron chi connectivity index (χ0n) is 8.01. The number of nitrogen functional groups attached to an aromatic ring is 1. The summed E-state index contributed by atoms with van der Waals surface area (Å²) in [5, 5.41) is 8.60. The van der Waals surface area contributed by atoms with Gasteiger partial charge in [0.15, 0.2) is 11.5 Å². The summed E-state index contributed by atoms with van der Waals surface area (Å²) in [5.74, 6) is 1.04. The van der Waals surface area contributed by atoms with Crippen molar-refractivity contribution in [1.29, 1.82) is 0 Å². The number of anilines is 1. The van der Waals surface area contributed by atoms with Gasteiger partial charge in [0.25, 0.3) is 0 Å². The lowest BCUT2D eigenvalue weighted by Gasteiger charge is -1.89. The maximum atomic E-state index is 8.60. The van der Waals surface area contributed by atoms with Gasteiger partial charge in [-0.1, -0.05) is 6.08 Å². The largest absolute Gasteiger partial charge is 0.396 e. The van der Waals surface area contributed by atoms with Crippen molar-refractivity contribution in [2.75, 3.05) is 12.3 Å². The highest BCUT2D eigenvalue weighted by Crippen LogP contribution is 2.13. The third kappa shape index (κ3) is 1.94. The zero-order chi connectivity index (χ0) is 10.7. The molecule has 0 bridgehead atoms. The molecule has 15 heavy (non-hydrogen) atoms. The van der Waals surface area contributed by atoms with E-state index in [1.165, 1.54) is 6.33 Å². The maximum absolute atomic E-state index is 8.60. The summed E-state index contributed by atoms with van der Waals surface area (Å²) in [6.45, 7) is 0.124. The lowest BCUT2D eigenvalue weighted by molar-refractivity contribution is 0.303. The molecule has 0 amide bonds. The van der Waals surface area contributed by atoms with E-state index in [1.807, 2.05) is 6.08 Å². The summed E-state index contributed by atoms with van der Waals surface area (Å²) >= 11 is 0. The fourth-order valence-corrected chi connectivity index (χ4v) is 1.21. The number of nitrogens with two attached hydrogens (primary N) is 1. The van der Waals surface area contributed by atoms with Crippen LogP contribution in [0.1, 0.15) is 12.2 Å². The normalized spacial score (nSPS) is 11.5. The van der Waals surface area contributed by atoms with Gasteiger partial charge < -0.3 is 15.8 Å². The summed E-state index contributed by atoms with van der Waals surface area (Å²) in [4.78, 5) is 15.0. The molecule has 2 aromatic heterocycles. The van der Waals surface area contributed by atoms with Gasteiger partial charge in [-0.15, -0.1) is 0 Å². The van der Waals surface area contributed by atoms with E-state index in [2.05, 4.69) is 19.9 Å². The Balaban J connectivity index is 2.35. The Morgan fingerprint density at radius 3 is 3.07 bits per heavy atom. The van der Waals surface area contributed by atoms with Crippen LogP contribution in [0.2, 0.25) is 0 Å². The molecular weight excluding hydrogens is 194 g/mol. The minimum atomic E-state index is 0.124. The van der Waals surface area contributed by atoms with Crippen LogP contribution in [0.4, 0.5) is 5.82 Å². The zero-order valence-corrected chi connectivity index (χ0v) is 8.01. The Morgan fingerprint density at radius 1 is 1.47 bits per heavy atom. The van der Waals surface area contributed by atoms with Crippen LogP contribution in [0, 0.1) is 0 Å². The number of hydrogen-bond acceptors (Lipinski definition) is 5. The van der Waals surface area contributed by atoms with Crippen LogP contribution in [-0.4, -0.2) is 31.6 Å². The number of aliphatic hydroxyl groups is 1. The SMILES string of the molecule is Nc1ncnc2nc(/C=C/CCO)[nH]c12. The fourth-order valence-electron chi connectivity index (χ4n) is 1.21. The van der Waals surface area contributed by atoms with Gasteiger partial charge in [0.2, 0.25) is 0 Å². The number of H-pyrrole nitrogens is 1. The molecule has 0 aliphatic carbocycles. The van der Waals surface area contributed by atoms with Crippen LogP contribution >= 0.6 is 0 Å². The number of rotatable bonds is 3. The molecule has 0 saturated heterocycles. The van der Waals surface area contributed by atoms with Gasteiger partial charge in [0.05, 0.1) is 0 Å². The van der Waals surface area contributed by atoms with Crippen molar-refractivity contribution in [1.82, 2.24) is 19.9 Å². The van der Waals surface area contributed by atoms with Crippen molar-refractivity contribution in [3.8, 4) is 0 Å². The van der Waals surface area contributed by atoms with Crippen molar-refractivity contribution in [3.63, 3.8) is 0 Å². The van der Waals surface area contributed by atoms with E-state index in [9.17, 15) is 0 Å². The first-order chi connectivity index (χ1) is 7.31. The molecule has 78 valence electrons. The summed E-state index contributed by atoms with van der Waals surface area (Å²) < 4.78 is 0. The average molecular weight is 205 g/mol. The Kier molecular flexibility index (Phi) is 2.59. The maximum Gasteiger partial charge on any atom is 0.183 e. The lowest BCUT2D eigenvalue weighted by atomic mass is 10.4. The van der Waals surface area contributed by atoms with Crippen molar-refractivity contribution in [3.05, 3.63) is 18.2 Å². The van der Waals surface area contributed by atoms with Crippen molar-refractivity contribution in [2.45, 2.75) is 6.42 Å².